The molecule has 0 radical (unpaired) electrons. The third-order valence-electron chi connectivity index (χ3n) is 2.10. The van der Waals surface area contributed by atoms with E-state index in [4.69, 9.17) is 12.2 Å². The molecule has 0 saturated carbocycles. The van der Waals surface area contributed by atoms with E-state index in [0.717, 1.165) is 12.1 Å². The lowest BCUT2D eigenvalue weighted by Gasteiger charge is -2.08. The Morgan fingerprint density at radius 3 is 2.71 bits per heavy atom. The second-order valence-electron chi connectivity index (χ2n) is 3.32. The molecule has 1 aromatic heterocycles. The summed E-state index contributed by atoms with van der Waals surface area (Å²) in [5, 5.41) is 2.70. The van der Waals surface area contributed by atoms with Gasteiger partial charge in [-0.25, -0.2) is 8.78 Å². The van der Waals surface area contributed by atoms with Crippen LogP contribution in [-0.4, -0.2) is 9.97 Å². The highest BCUT2D eigenvalue weighted by Crippen LogP contribution is 2.16. The average Bonchev–Trinajstić information content (AvgIpc) is 2.34. The summed E-state index contributed by atoms with van der Waals surface area (Å²) in [4.78, 5) is 4.24. The van der Waals surface area contributed by atoms with Gasteiger partial charge in [0, 0.05) is 24.0 Å². The Balaban J connectivity index is 2.19. The second-order valence-corrected chi connectivity index (χ2v) is 3.73. The van der Waals surface area contributed by atoms with Crippen LogP contribution in [0.5, 0.6) is 0 Å². The summed E-state index contributed by atoms with van der Waals surface area (Å²) < 4.78 is 26.0. The first kappa shape index (κ1) is 11.6. The number of halogens is 2. The first-order valence-corrected chi connectivity index (χ1v) is 5.24. The van der Waals surface area contributed by atoms with Crippen LogP contribution in [0.15, 0.2) is 42.7 Å². The van der Waals surface area contributed by atoms with E-state index in [-0.39, 0.29) is 5.69 Å². The molecule has 0 atom stereocenters. The SMILES string of the molecule is Fc1ccc(NC(=S)c2cccnc2)c(F)c1. The Morgan fingerprint density at radius 1 is 1.24 bits per heavy atom. The van der Waals surface area contributed by atoms with E-state index in [1.807, 2.05) is 0 Å². The van der Waals surface area contributed by atoms with E-state index in [9.17, 15) is 8.78 Å². The fraction of sp³-hybridized carbons (Fsp3) is 0. The Kier molecular flexibility index (Phi) is 3.39. The van der Waals surface area contributed by atoms with Crippen molar-refractivity contribution >= 4 is 22.9 Å². The summed E-state index contributed by atoms with van der Waals surface area (Å²) in [6, 6.07) is 6.74. The van der Waals surface area contributed by atoms with Crippen molar-refractivity contribution in [3.8, 4) is 0 Å². The zero-order valence-corrected chi connectivity index (χ0v) is 9.47. The lowest BCUT2D eigenvalue weighted by Crippen LogP contribution is -2.11. The van der Waals surface area contributed by atoms with Crippen LogP contribution in [0.1, 0.15) is 5.56 Å². The smallest absolute Gasteiger partial charge is 0.149 e. The summed E-state index contributed by atoms with van der Waals surface area (Å²) in [6.07, 6.45) is 3.18. The van der Waals surface area contributed by atoms with Crippen LogP contribution in [0.2, 0.25) is 0 Å². The quantitative estimate of drug-likeness (QED) is 0.829. The molecule has 0 bridgehead atoms. The maximum absolute atomic E-state index is 13.3. The van der Waals surface area contributed by atoms with Crippen LogP contribution in [0.4, 0.5) is 14.5 Å². The molecule has 1 aromatic carbocycles. The third kappa shape index (κ3) is 2.82. The van der Waals surface area contributed by atoms with Crippen molar-refractivity contribution in [3.63, 3.8) is 0 Å². The van der Waals surface area contributed by atoms with Gasteiger partial charge in [0.15, 0.2) is 0 Å². The van der Waals surface area contributed by atoms with Crippen LogP contribution < -0.4 is 5.32 Å². The minimum Gasteiger partial charge on any atom is -0.344 e. The Bertz CT molecular complexity index is 543. The van der Waals surface area contributed by atoms with Gasteiger partial charge in [-0.15, -0.1) is 0 Å². The van der Waals surface area contributed by atoms with Gasteiger partial charge in [-0.3, -0.25) is 4.98 Å². The van der Waals surface area contributed by atoms with Crippen LogP contribution in [0.3, 0.4) is 0 Å². The number of hydrogen-bond acceptors (Lipinski definition) is 2. The van der Waals surface area contributed by atoms with Crippen molar-refractivity contribution in [1.29, 1.82) is 0 Å². The van der Waals surface area contributed by atoms with Crippen LogP contribution in [0.25, 0.3) is 0 Å². The zero-order chi connectivity index (χ0) is 12.3. The maximum Gasteiger partial charge on any atom is 0.149 e. The third-order valence-corrected chi connectivity index (χ3v) is 2.44. The predicted octanol–water partition coefficient (Wildman–Crippen LogP) is 3.15. The number of nitrogens with one attached hydrogen (secondary N) is 1. The van der Waals surface area contributed by atoms with E-state index in [1.165, 1.54) is 6.07 Å². The molecule has 0 aliphatic rings. The van der Waals surface area contributed by atoms with Crippen molar-refractivity contribution in [2.75, 3.05) is 5.32 Å². The molecule has 86 valence electrons. The highest BCUT2D eigenvalue weighted by Gasteiger charge is 2.06. The fourth-order valence-corrected chi connectivity index (χ4v) is 1.51. The Hall–Kier alpha value is -1.88. The minimum atomic E-state index is -0.684. The first-order valence-electron chi connectivity index (χ1n) is 4.83. The molecule has 2 nitrogen and oxygen atoms in total. The van der Waals surface area contributed by atoms with E-state index in [2.05, 4.69) is 10.3 Å². The first-order chi connectivity index (χ1) is 8.16. The predicted molar refractivity (Wildman–Crippen MR) is 65.9 cm³/mol. The molecule has 0 aliphatic heterocycles. The van der Waals surface area contributed by atoms with E-state index in [1.54, 1.807) is 24.5 Å². The molecular formula is C12H8F2N2S. The summed E-state index contributed by atoms with van der Waals surface area (Å²) in [7, 11) is 0. The molecule has 0 saturated heterocycles. The summed E-state index contributed by atoms with van der Waals surface area (Å²) in [5.74, 6) is -1.31. The van der Waals surface area contributed by atoms with Crippen LogP contribution >= 0.6 is 12.2 Å². The van der Waals surface area contributed by atoms with Crippen molar-refractivity contribution in [3.05, 3.63) is 59.9 Å². The Labute approximate surface area is 102 Å². The van der Waals surface area contributed by atoms with Gasteiger partial charge < -0.3 is 5.32 Å². The molecule has 0 fully saturated rings. The number of rotatable bonds is 2. The number of benzene rings is 1. The van der Waals surface area contributed by atoms with Crippen LogP contribution in [-0.2, 0) is 0 Å². The van der Waals surface area contributed by atoms with Gasteiger partial charge in [0.1, 0.15) is 16.6 Å². The highest BCUT2D eigenvalue weighted by atomic mass is 32.1. The lowest BCUT2D eigenvalue weighted by molar-refractivity contribution is 0.586. The second kappa shape index (κ2) is 4.97. The minimum absolute atomic E-state index is 0.139. The van der Waals surface area contributed by atoms with Gasteiger partial charge >= 0.3 is 0 Å². The molecule has 0 unspecified atom stereocenters. The number of thiocarbonyl (C=S) groups is 1. The van der Waals surface area contributed by atoms with Crippen molar-refractivity contribution < 1.29 is 8.78 Å². The van der Waals surface area contributed by atoms with Gasteiger partial charge in [0.2, 0.25) is 0 Å². The summed E-state index contributed by atoms with van der Waals surface area (Å²) in [6.45, 7) is 0. The molecule has 17 heavy (non-hydrogen) atoms. The molecule has 0 aliphatic carbocycles. The normalized spacial score (nSPS) is 10.0. The zero-order valence-electron chi connectivity index (χ0n) is 8.65. The monoisotopic (exact) mass is 250 g/mol. The summed E-state index contributed by atoms with van der Waals surface area (Å²) >= 11 is 5.08. The number of nitrogens with zero attached hydrogens (tertiary/aromatic N) is 1. The molecule has 1 N–H and O–H groups in total. The molecule has 1 heterocycles. The standard InChI is InChI=1S/C12H8F2N2S/c13-9-3-4-11(10(14)6-9)16-12(17)8-2-1-5-15-7-8/h1-7H,(H,16,17). The number of anilines is 1. The highest BCUT2D eigenvalue weighted by molar-refractivity contribution is 7.81. The van der Waals surface area contributed by atoms with Crippen molar-refractivity contribution in [2.24, 2.45) is 0 Å². The molecular weight excluding hydrogens is 242 g/mol. The molecule has 2 rings (SSSR count). The van der Waals surface area contributed by atoms with Crippen molar-refractivity contribution in [2.45, 2.75) is 0 Å². The van der Waals surface area contributed by atoms with Gasteiger partial charge in [0.25, 0.3) is 0 Å². The fourth-order valence-electron chi connectivity index (χ4n) is 1.28. The molecule has 2 aromatic rings. The number of hydrogen-bond donors (Lipinski definition) is 1. The molecule has 0 spiro atoms. The lowest BCUT2D eigenvalue weighted by atomic mass is 10.2. The molecule has 0 amide bonds. The maximum atomic E-state index is 13.3. The van der Waals surface area contributed by atoms with Gasteiger partial charge in [-0.2, -0.15) is 0 Å². The van der Waals surface area contributed by atoms with Gasteiger partial charge in [0.05, 0.1) is 5.69 Å². The summed E-state index contributed by atoms with van der Waals surface area (Å²) in [5.41, 5.74) is 0.812. The van der Waals surface area contributed by atoms with E-state index >= 15 is 0 Å². The average molecular weight is 250 g/mol. The van der Waals surface area contributed by atoms with Gasteiger partial charge in [-0.05, 0) is 24.3 Å². The topological polar surface area (TPSA) is 24.9 Å². The van der Waals surface area contributed by atoms with Gasteiger partial charge in [-0.1, -0.05) is 12.2 Å². The van der Waals surface area contributed by atoms with E-state index in [0.29, 0.717) is 10.6 Å². The van der Waals surface area contributed by atoms with E-state index < -0.39 is 11.6 Å². The Morgan fingerprint density at radius 2 is 2.06 bits per heavy atom. The van der Waals surface area contributed by atoms with Crippen molar-refractivity contribution in [1.82, 2.24) is 4.98 Å². The number of pyridine rings is 1. The largest absolute Gasteiger partial charge is 0.344 e. The number of aromatic nitrogens is 1. The molecule has 5 heteroatoms. The van der Waals surface area contributed by atoms with Crippen LogP contribution in [0, 0.1) is 11.6 Å².